The molecule has 0 saturated carbocycles. The molecule has 6 nitrogen and oxygen atoms in total. The number of hydrogen-bond acceptors (Lipinski definition) is 5. The van der Waals surface area contributed by atoms with Crippen LogP contribution in [0.15, 0.2) is 24.3 Å². The molecule has 1 N–H and O–H groups in total. The van der Waals surface area contributed by atoms with Gasteiger partial charge in [-0.3, -0.25) is 14.6 Å². The molecule has 2 rings (SSSR count). The number of hydrogen-bond donors (Lipinski definition) is 1. The van der Waals surface area contributed by atoms with E-state index in [2.05, 4.69) is 21.0 Å². The first-order valence-electron chi connectivity index (χ1n) is 9.52. The fourth-order valence-corrected chi connectivity index (χ4v) is 2.99. The van der Waals surface area contributed by atoms with E-state index >= 15 is 0 Å². The number of halogens is 3. The SMILES string of the molecule is CC(C)[C@](C)(C#N)NC(=O)CN1CCN(Cc2ccc(OC(F)(F)F)cc2)CC1. The highest BCUT2D eigenvalue weighted by Crippen LogP contribution is 2.23. The maximum atomic E-state index is 12.3. The molecule has 1 atom stereocenters. The number of rotatable bonds is 7. The zero-order chi connectivity index (χ0) is 21.7. The quantitative estimate of drug-likeness (QED) is 0.746. The first-order valence-corrected chi connectivity index (χ1v) is 9.52. The molecule has 1 saturated heterocycles. The van der Waals surface area contributed by atoms with Gasteiger partial charge in [0, 0.05) is 32.7 Å². The van der Waals surface area contributed by atoms with E-state index in [1.165, 1.54) is 12.1 Å². The molecule has 1 aromatic carbocycles. The van der Waals surface area contributed by atoms with Crippen molar-refractivity contribution in [3.63, 3.8) is 0 Å². The molecule has 29 heavy (non-hydrogen) atoms. The van der Waals surface area contributed by atoms with Crippen LogP contribution in [0.3, 0.4) is 0 Å². The van der Waals surface area contributed by atoms with Crippen LogP contribution in [-0.2, 0) is 11.3 Å². The minimum absolute atomic E-state index is 0.00113. The minimum atomic E-state index is -4.69. The molecule has 0 aromatic heterocycles. The van der Waals surface area contributed by atoms with E-state index in [0.717, 1.165) is 18.7 Å². The molecular formula is C20H27F3N4O2. The molecule has 0 radical (unpaired) electrons. The van der Waals surface area contributed by atoms with Crippen molar-refractivity contribution in [2.75, 3.05) is 32.7 Å². The van der Waals surface area contributed by atoms with Crippen LogP contribution in [0.25, 0.3) is 0 Å². The van der Waals surface area contributed by atoms with Crippen molar-refractivity contribution in [3.05, 3.63) is 29.8 Å². The summed E-state index contributed by atoms with van der Waals surface area (Å²) >= 11 is 0. The number of nitrogens with one attached hydrogen (secondary N) is 1. The number of ether oxygens (including phenoxy) is 1. The second-order valence-corrected chi connectivity index (χ2v) is 7.76. The van der Waals surface area contributed by atoms with Crippen molar-refractivity contribution in [1.82, 2.24) is 15.1 Å². The standard InChI is InChI=1S/C20H27F3N4O2/c1-15(2)19(3,14-24)25-18(28)13-27-10-8-26(9-11-27)12-16-4-6-17(7-5-16)29-20(21,22)23/h4-7,15H,8-13H2,1-3H3,(H,25,28)/t19-/m0/s1. The molecule has 0 bridgehead atoms. The van der Waals surface area contributed by atoms with Gasteiger partial charge >= 0.3 is 6.36 Å². The van der Waals surface area contributed by atoms with Crippen LogP contribution in [0.5, 0.6) is 5.75 Å². The average Bonchev–Trinajstić information content (AvgIpc) is 2.63. The van der Waals surface area contributed by atoms with Crippen molar-refractivity contribution < 1.29 is 22.7 Å². The van der Waals surface area contributed by atoms with Gasteiger partial charge < -0.3 is 10.1 Å². The second-order valence-electron chi connectivity index (χ2n) is 7.76. The number of nitrogens with zero attached hydrogens (tertiary/aromatic N) is 3. The van der Waals surface area contributed by atoms with E-state index in [1.54, 1.807) is 19.1 Å². The fourth-order valence-electron chi connectivity index (χ4n) is 2.99. The maximum absolute atomic E-state index is 12.3. The number of piperazine rings is 1. The van der Waals surface area contributed by atoms with Gasteiger partial charge in [0.2, 0.25) is 5.91 Å². The fraction of sp³-hybridized carbons (Fsp3) is 0.600. The number of benzene rings is 1. The predicted molar refractivity (Wildman–Crippen MR) is 102 cm³/mol. The van der Waals surface area contributed by atoms with Crippen LogP contribution < -0.4 is 10.1 Å². The Labute approximate surface area is 169 Å². The maximum Gasteiger partial charge on any atom is 0.573 e. The van der Waals surface area contributed by atoms with Crippen LogP contribution in [0.2, 0.25) is 0 Å². The van der Waals surface area contributed by atoms with Crippen molar-refractivity contribution in [2.45, 2.75) is 39.2 Å². The van der Waals surface area contributed by atoms with Crippen LogP contribution in [0.4, 0.5) is 13.2 Å². The first kappa shape index (κ1) is 23.0. The molecule has 1 aromatic rings. The number of carbonyl (C=O) groups excluding carboxylic acids is 1. The largest absolute Gasteiger partial charge is 0.573 e. The van der Waals surface area contributed by atoms with Gasteiger partial charge in [0.05, 0.1) is 12.6 Å². The molecule has 1 aliphatic rings. The van der Waals surface area contributed by atoms with Gasteiger partial charge in [-0.15, -0.1) is 13.2 Å². The van der Waals surface area contributed by atoms with Crippen molar-refractivity contribution in [2.24, 2.45) is 5.92 Å². The third-order valence-electron chi connectivity index (χ3n) is 5.18. The van der Waals surface area contributed by atoms with Crippen molar-refractivity contribution >= 4 is 5.91 Å². The summed E-state index contributed by atoms with van der Waals surface area (Å²) in [5.74, 6) is -0.402. The molecule has 1 aliphatic heterocycles. The molecule has 0 aliphatic carbocycles. The average molecular weight is 412 g/mol. The van der Waals surface area contributed by atoms with Gasteiger partial charge in [-0.1, -0.05) is 26.0 Å². The van der Waals surface area contributed by atoms with Crippen LogP contribution in [-0.4, -0.2) is 60.3 Å². The second kappa shape index (κ2) is 9.46. The minimum Gasteiger partial charge on any atom is -0.406 e. The van der Waals surface area contributed by atoms with E-state index in [1.807, 2.05) is 18.7 Å². The lowest BCUT2D eigenvalue weighted by atomic mass is 9.90. The van der Waals surface area contributed by atoms with Gasteiger partial charge in [-0.05, 0) is 30.5 Å². The monoisotopic (exact) mass is 412 g/mol. The summed E-state index contributed by atoms with van der Waals surface area (Å²) < 4.78 is 40.5. The highest BCUT2D eigenvalue weighted by atomic mass is 19.4. The van der Waals surface area contributed by atoms with E-state index < -0.39 is 11.9 Å². The molecule has 160 valence electrons. The summed E-state index contributed by atoms with van der Waals surface area (Å²) in [7, 11) is 0. The third-order valence-corrected chi connectivity index (χ3v) is 5.18. The Morgan fingerprint density at radius 1 is 1.17 bits per heavy atom. The van der Waals surface area contributed by atoms with Crippen molar-refractivity contribution in [3.8, 4) is 11.8 Å². The third kappa shape index (κ3) is 7.22. The van der Waals surface area contributed by atoms with Gasteiger partial charge in [0.1, 0.15) is 11.3 Å². The van der Waals surface area contributed by atoms with Gasteiger partial charge in [0.25, 0.3) is 0 Å². The molecule has 1 fully saturated rings. The lowest BCUT2D eigenvalue weighted by Gasteiger charge is -2.35. The van der Waals surface area contributed by atoms with Crippen LogP contribution >= 0.6 is 0 Å². The predicted octanol–water partition coefficient (Wildman–Crippen LogP) is 2.76. The van der Waals surface area contributed by atoms with Crippen LogP contribution in [0, 0.1) is 17.2 Å². The normalized spacial score (nSPS) is 18.1. The van der Waals surface area contributed by atoms with E-state index in [4.69, 9.17) is 0 Å². The molecular weight excluding hydrogens is 385 g/mol. The van der Waals surface area contributed by atoms with Gasteiger partial charge in [0.15, 0.2) is 0 Å². The Morgan fingerprint density at radius 2 is 1.72 bits per heavy atom. The zero-order valence-corrected chi connectivity index (χ0v) is 16.9. The number of alkyl halides is 3. The Kier molecular flexibility index (Phi) is 7.49. The van der Waals surface area contributed by atoms with Crippen molar-refractivity contribution in [1.29, 1.82) is 5.26 Å². The number of nitriles is 1. The molecule has 9 heteroatoms. The summed E-state index contributed by atoms with van der Waals surface area (Å²) in [5.41, 5.74) is 0.00778. The highest BCUT2D eigenvalue weighted by Gasteiger charge is 2.32. The van der Waals surface area contributed by atoms with Crippen LogP contribution in [0.1, 0.15) is 26.3 Å². The molecule has 0 spiro atoms. The number of amides is 1. The Balaban J connectivity index is 1.78. The summed E-state index contributed by atoms with van der Waals surface area (Å²) in [5, 5.41) is 12.1. The smallest absolute Gasteiger partial charge is 0.406 e. The Morgan fingerprint density at radius 3 is 2.21 bits per heavy atom. The Hall–Kier alpha value is -2.31. The van der Waals surface area contributed by atoms with E-state index in [9.17, 15) is 23.2 Å². The number of carbonyl (C=O) groups is 1. The summed E-state index contributed by atoms with van der Waals surface area (Å²) in [4.78, 5) is 16.5. The van der Waals surface area contributed by atoms with Gasteiger partial charge in [-0.2, -0.15) is 5.26 Å². The topological polar surface area (TPSA) is 68.6 Å². The van der Waals surface area contributed by atoms with E-state index in [-0.39, 0.29) is 24.1 Å². The lowest BCUT2D eigenvalue weighted by Crippen LogP contribution is -2.54. The summed E-state index contributed by atoms with van der Waals surface area (Å²) in [6, 6.07) is 8.03. The zero-order valence-electron chi connectivity index (χ0n) is 16.9. The summed E-state index contributed by atoms with van der Waals surface area (Å²) in [6.45, 7) is 9.25. The first-order chi connectivity index (χ1) is 13.5. The Bertz CT molecular complexity index is 723. The van der Waals surface area contributed by atoms with E-state index in [0.29, 0.717) is 19.6 Å². The molecule has 1 heterocycles. The summed E-state index contributed by atoms with van der Waals surface area (Å²) in [6.07, 6.45) is -4.69. The molecule has 1 amide bonds. The van der Waals surface area contributed by atoms with Gasteiger partial charge in [-0.25, -0.2) is 0 Å². The lowest BCUT2D eigenvalue weighted by molar-refractivity contribution is -0.274. The molecule has 0 unspecified atom stereocenters. The highest BCUT2D eigenvalue weighted by molar-refractivity contribution is 5.79.